The Morgan fingerprint density at radius 3 is 2.67 bits per heavy atom. The molecule has 0 radical (unpaired) electrons. The van der Waals surface area contributed by atoms with E-state index in [9.17, 15) is 4.79 Å². The lowest BCUT2D eigenvalue weighted by molar-refractivity contribution is -0.138. The van der Waals surface area contributed by atoms with Crippen molar-refractivity contribution < 1.29 is 9.53 Å². The Morgan fingerprint density at radius 2 is 2.07 bits per heavy atom. The van der Waals surface area contributed by atoms with E-state index in [1.807, 2.05) is 18.2 Å². The van der Waals surface area contributed by atoms with E-state index in [0.717, 1.165) is 12.8 Å². The molecule has 0 aliphatic carbocycles. The minimum atomic E-state index is -0.229. The second-order valence-corrected chi connectivity index (χ2v) is 3.86. The standard InChI is InChI=1S/C13H14O2/c1-10-9-12(15-13(10)14)8-7-11-5-3-2-4-6-11/h2-6,12H,1,7-9H2/t12-/m1/s1. The van der Waals surface area contributed by atoms with Crippen LogP contribution in [0.2, 0.25) is 0 Å². The summed E-state index contributed by atoms with van der Waals surface area (Å²) in [5, 5.41) is 0. The van der Waals surface area contributed by atoms with Crippen LogP contribution in [0.15, 0.2) is 42.5 Å². The van der Waals surface area contributed by atoms with Crippen LogP contribution in [0.5, 0.6) is 0 Å². The normalized spacial score (nSPS) is 20.4. The predicted molar refractivity (Wildman–Crippen MR) is 58.4 cm³/mol. The molecule has 1 aliphatic heterocycles. The lowest BCUT2D eigenvalue weighted by Crippen LogP contribution is -2.07. The number of cyclic esters (lactones) is 1. The number of benzene rings is 1. The Morgan fingerprint density at radius 1 is 1.33 bits per heavy atom. The molecule has 0 spiro atoms. The lowest BCUT2D eigenvalue weighted by Gasteiger charge is -2.07. The first kappa shape index (κ1) is 9.97. The summed E-state index contributed by atoms with van der Waals surface area (Å²) < 4.78 is 5.16. The number of carbonyl (C=O) groups is 1. The molecule has 0 bridgehead atoms. The smallest absolute Gasteiger partial charge is 0.333 e. The number of aryl methyl sites for hydroxylation is 1. The summed E-state index contributed by atoms with van der Waals surface area (Å²) in [5.74, 6) is -0.229. The highest BCUT2D eigenvalue weighted by molar-refractivity contribution is 5.89. The van der Waals surface area contributed by atoms with Gasteiger partial charge in [-0.05, 0) is 18.4 Å². The molecular formula is C13H14O2. The second-order valence-electron chi connectivity index (χ2n) is 3.86. The topological polar surface area (TPSA) is 26.3 Å². The van der Waals surface area contributed by atoms with Gasteiger partial charge in [0.1, 0.15) is 6.10 Å². The summed E-state index contributed by atoms with van der Waals surface area (Å²) in [6.07, 6.45) is 2.55. The number of hydrogen-bond donors (Lipinski definition) is 0. The van der Waals surface area contributed by atoms with E-state index in [2.05, 4.69) is 18.7 Å². The Hall–Kier alpha value is -1.57. The molecule has 2 nitrogen and oxygen atoms in total. The van der Waals surface area contributed by atoms with Crippen molar-refractivity contribution in [2.75, 3.05) is 0 Å². The van der Waals surface area contributed by atoms with Crippen LogP contribution in [-0.2, 0) is 16.0 Å². The fraction of sp³-hybridized carbons (Fsp3) is 0.308. The summed E-state index contributed by atoms with van der Waals surface area (Å²) in [6.45, 7) is 3.67. The third-order valence-corrected chi connectivity index (χ3v) is 2.63. The predicted octanol–water partition coefficient (Wildman–Crippen LogP) is 2.49. The number of hydrogen-bond acceptors (Lipinski definition) is 2. The van der Waals surface area contributed by atoms with Crippen LogP contribution >= 0.6 is 0 Å². The molecule has 0 saturated carbocycles. The van der Waals surface area contributed by atoms with E-state index >= 15 is 0 Å². The number of rotatable bonds is 3. The molecule has 1 aromatic carbocycles. The molecule has 1 heterocycles. The van der Waals surface area contributed by atoms with Crippen molar-refractivity contribution in [1.29, 1.82) is 0 Å². The molecule has 1 atom stereocenters. The molecule has 1 aromatic rings. The average Bonchev–Trinajstić information content (AvgIpc) is 2.57. The Bertz CT molecular complexity index is 351. The van der Waals surface area contributed by atoms with Gasteiger partial charge in [-0.15, -0.1) is 0 Å². The van der Waals surface area contributed by atoms with Crippen molar-refractivity contribution in [3.05, 3.63) is 48.0 Å². The maximum absolute atomic E-state index is 11.1. The zero-order chi connectivity index (χ0) is 10.7. The van der Waals surface area contributed by atoms with Crippen molar-refractivity contribution in [3.8, 4) is 0 Å². The van der Waals surface area contributed by atoms with Gasteiger partial charge in [-0.2, -0.15) is 0 Å². The highest BCUT2D eigenvalue weighted by Gasteiger charge is 2.26. The highest BCUT2D eigenvalue weighted by atomic mass is 16.5. The summed E-state index contributed by atoms with van der Waals surface area (Å²) in [4.78, 5) is 11.1. The molecule has 1 aliphatic rings. The van der Waals surface area contributed by atoms with E-state index in [1.165, 1.54) is 5.56 Å². The molecule has 0 amide bonds. The monoisotopic (exact) mass is 202 g/mol. The quantitative estimate of drug-likeness (QED) is 0.556. The van der Waals surface area contributed by atoms with E-state index in [4.69, 9.17) is 4.74 Å². The zero-order valence-corrected chi connectivity index (χ0v) is 8.61. The fourth-order valence-corrected chi connectivity index (χ4v) is 1.77. The molecule has 78 valence electrons. The summed E-state index contributed by atoms with van der Waals surface area (Å²) in [5.41, 5.74) is 1.89. The molecule has 1 saturated heterocycles. The van der Waals surface area contributed by atoms with Crippen LogP contribution in [0.25, 0.3) is 0 Å². The van der Waals surface area contributed by atoms with E-state index in [1.54, 1.807) is 0 Å². The first-order valence-electron chi connectivity index (χ1n) is 5.18. The molecule has 0 N–H and O–H groups in total. The molecule has 1 fully saturated rings. The molecule has 2 rings (SSSR count). The van der Waals surface area contributed by atoms with Gasteiger partial charge in [0.15, 0.2) is 0 Å². The molecule has 2 heteroatoms. The summed E-state index contributed by atoms with van der Waals surface area (Å²) >= 11 is 0. The van der Waals surface area contributed by atoms with Gasteiger partial charge in [0.25, 0.3) is 0 Å². The number of carbonyl (C=O) groups excluding carboxylic acids is 1. The van der Waals surface area contributed by atoms with Crippen molar-refractivity contribution >= 4 is 5.97 Å². The van der Waals surface area contributed by atoms with Crippen LogP contribution in [0.4, 0.5) is 0 Å². The number of esters is 1. The third-order valence-electron chi connectivity index (χ3n) is 2.63. The van der Waals surface area contributed by atoms with Gasteiger partial charge in [-0.1, -0.05) is 36.9 Å². The van der Waals surface area contributed by atoms with Gasteiger partial charge in [0, 0.05) is 12.0 Å². The van der Waals surface area contributed by atoms with Crippen LogP contribution in [0, 0.1) is 0 Å². The molecule has 0 unspecified atom stereocenters. The fourth-order valence-electron chi connectivity index (χ4n) is 1.77. The minimum Gasteiger partial charge on any atom is -0.459 e. The zero-order valence-electron chi connectivity index (χ0n) is 8.61. The summed E-state index contributed by atoms with van der Waals surface area (Å²) in [6, 6.07) is 10.2. The SMILES string of the molecule is C=C1C[C@@H](CCc2ccccc2)OC1=O. The third kappa shape index (κ3) is 2.46. The van der Waals surface area contributed by atoms with Crippen molar-refractivity contribution in [2.45, 2.75) is 25.4 Å². The highest BCUT2D eigenvalue weighted by Crippen LogP contribution is 2.22. The number of ether oxygens (including phenoxy) is 1. The maximum atomic E-state index is 11.1. The average molecular weight is 202 g/mol. The maximum Gasteiger partial charge on any atom is 0.333 e. The lowest BCUT2D eigenvalue weighted by atomic mass is 10.0. The first-order valence-corrected chi connectivity index (χ1v) is 5.18. The Labute approximate surface area is 89.6 Å². The van der Waals surface area contributed by atoms with Crippen LogP contribution in [0.1, 0.15) is 18.4 Å². The van der Waals surface area contributed by atoms with Gasteiger partial charge in [-0.3, -0.25) is 0 Å². The molecule has 15 heavy (non-hydrogen) atoms. The van der Waals surface area contributed by atoms with Gasteiger partial charge >= 0.3 is 5.97 Å². The molecular weight excluding hydrogens is 188 g/mol. The van der Waals surface area contributed by atoms with E-state index < -0.39 is 0 Å². The Kier molecular flexibility index (Phi) is 2.86. The summed E-state index contributed by atoms with van der Waals surface area (Å²) in [7, 11) is 0. The minimum absolute atomic E-state index is 0.0326. The van der Waals surface area contributed by atoms with Gasteiger partial charge in [0.05, 0.1) is 0 Å². The second kappa shape index (κ2) is 4.30. The van der Waals surface area contributed by atoms with Crippen molar-refractivity contribution in [3.63, 3.8) is 0 Å². The van der Waals surface area contributed by atoms with E-state index in [0.29, 0.717) is 12.0 Å². The van der Waals surface area contributed by atoms with Crippen LogP contribution in [-0.4, -0.2) is 12.1 Å². The van der Waals surface area contributed by atoms with Crippen LogP contribution in [0.3, 0.4) is 0 Å². The van der Waals surface area contributed by atoms with Gasteiger partial charge in [-0.25, -0.2) is 4.79 Å². The first-order chi connectivity index (χ1) is 7.25. The largest absolute Gasteiger partial charge is 0.459 e. The van der Waals surface area contributed by atoms with Gasteiger partial charge < -0.3 is 4.74 Å². The van der Waals surface area contributed by atoms with Gasteiger partial charge in [0.2, 0.25) is 0 Å². The Balaban J connectivity index is 1.85. The van der Waals surface area contributed by atoms with Crippen molar-refractivity contribution in [2.24, 2.45) is 0 Å². The van der Waals surface area contributed by atoms with Crippen molar-refractivity contribution in [1.82, 2.24) is 0 Å². The molecule has 0 aromatic heterocycles. The van der Waals surface area contributed by atoms with Crippen LogP contribution < -0.4 is 0 Å². The van der Waals surface area contributed by atoms with E-state index in [-0.39, 0.29) is 12.1 Å².